The van der Waals surface area contributed by atoms with Crippen molar-refractivity contribution in [3.05, 3.63) is 0 Å². The third kappa shape index (κ3) is 25.8. The minimum atomic E-state index is -0.728. The predicted molar refractivity (Wildman–Crippen MR) is 133 cm³/mol. The summed E-state index contributed by atoms with van der Waals surface area (Å²) in [6.45, 7) is 5.25. The van der Waals surface area contributed by atoms with E-state index in [4.69, 9.17) is 9.84 Å². The average molecular weight is 449 g/mol. The number of unbranched alkanes of at least 4 members (excludes halogenated alkanes) is 17. The van der Waals surface area contributed by atoms with Crippen LogP contribution in [0.4, 0.5) is 0 Å². The number of halogens is 1. The van der Waals surface area contributed by atoms with Crippen LogP contribution in [0.25, 0.3) is 0 Å². The van der Waals surface area contributed by atoms with Crippen molar-refractivity contribution in [1.29, 1.82) is 0 Å². The van der Waals surface area contributed by atoms with E-state index in [0.717, 1.165) is 25.9 Å². The summed E-state index contributed by atoms with van der Waals surface area (Å²) in [5, 5.41) is 9.12. The molecule has 0 aliphatic carbocycles. The molecule has 1 N–H and O–H groups in total. The Labute approximate surface area is 194 Å². The smallest absolute Gasteiger partial charge is 0.305 e. The van der Waals surface area contributed by atoms with Crippen LogP contribution in [0.5, 0.6) is 0 Å². The highest BCUT2D eigenvalue weighted by Gasteiger charge is 2.13. The van der Waals surface area contributed by atoms with Crippen LogP contribution in [0.1, 0.15) is 149 Å². The second kappa shape index (κ2) is 26.8. The molecule has 0 bridgehead atoms. The van der Waals surface area contributed by atoms with E-state index >= 15 is 0 Å². The molecule has 182 valence electrons. The molecule has 30 heavy (non-hydrogen) atoms. The molecule has 0 aromatic carbocycles. The van der Waals surface area contributed by atoms with Gasteiger partial charge in [0.2, 0.25) is 0 Å². The van der Waals surface area contributed by atoms with E-state index in [0.29, 0.717) is 0 Å². The van der Waals surface area contributed by atoms with Crippen molar-refractivity contribution >= 4 is 18.4 Å². The molecular weight excluding hydrogens is 396 g/mol. The quantitative estimate of drug-likeness (QED) is 0.150. The molecule has 0 spiro atoms. The SMILES string of the molecule is CCCCCCCCCCCCOC(CCCCCCCCCCC)CC(=O)O.Cl. The van der Waals surface area contributed by atoms with Crippen LogP contribution >= 0.6 is 12.4 Å². The summed E-state index contributed by atoms with van der Waals surface area (Å²) in [6, 6.07) is 0. The van der Waals surface area contributed by atoms with Gasteiger partial charge in [-0.25, -0.2) is 0 Å². The van der Waals surface area contributed by atoms with E-state index in [9.17, 15) is 4.79 Å². The molecule has 0 aromatic rings. The van der Waals surface area contributed by atoms with Gasteiger partial charge in [-0.05, 0) is 12.8 Å². The van der Waals surface area contributed by atoms with Gasteiger partial charge < -0.3 is 9.84 Å². The zero-order valence-corrected chi connectivity index (χ0v) is 21.1. The largest absolute Gasteiger partial charge is 0.481 e. The molecule has 0 heterocycles. The number of rotatable bonds is 24. The van der Waals surface area contributed by atoms with E-state index in [1.54, 1.807) is 0 Å². The van der Waals surface area contributed by atoms with Gasteiger partial charge in [0, 0.05) is 6.61 Å². The number of hydrogen-bond acceptors (Lipinski definition) is 2. The first-order valence-electron chi connectivity index (χ1n) is 13.0. The summed E-state index contributed by atoms with van der Waals surface area (Å²) in [7, 11) is 0. The predicted octanol–water partition coefficient (Wildman–Crippen LogP) is 9.11. The van der Waals surface area contributed by atoms with Gasteiger partial charge in [-0.3, -0.25) is 4.79 Å². The van der Waals surface area contributed by atoms with E-state index in [1.165, 1.54) is 109 Å². The minimum Gasteiger partial charge on any atom is -0.481 e. The zero-order chi connectivity index (χ0) is 21.4. The number of carboxylic acid groups (broad SMARTS) is 1. The number of hydrogen-bond donors (Lipinski definition) is 1. The second-order valence-corrected chi connectivity index (χ2v) is 8.89. The minimum absolute atomic E-state index is 0. The normalized spacial score (nSPS) is 11.9. The lowest BCUT2D eigenvalue weighted by Gasteiger charge is -2.16. The maximum atomic E-state index is 11.1. The lowest BCUT2D eigenvalue weighted by molar-refractivity contribution is -0.140. The van der Waals surface area contributed by atoms with Crippen molar-refractivity contribution in [3.8, 4) is 0 Å². The third-order valence-corrected chi connectivity index (χ3v) is 5.88. The van der Waals surface area contributed by atoms with E-state index in [2.05, 4.69) is 13.8 Å². The Morgan fingerprint density at radius 1 is 0.633 bits per heavy atom. The van der Waals surface area contributed by atoms with E-state index < -0.39 is 5.97 Å². The number of ether oxygens (including phenoxy) is 1. The summed E-state index contributed by atoms with van der Waals surface area (Å²) in [4.78, 5) is 11.1. The summed E-state index contributed by atoms with van der Waals surface area (Å²) >= 11 is 0. The first-order valence-corrected chi connectivity index (χ1v) is 13.0. The fourth-order valence-corrected chi connectivity index (χ4v) is 3.96. The van der Waals surface area contributed by atoms with Crippen LogP contribution in [0.3, 0.4) is 0 Å². The lowest BCUT2D eigenvalue weighted by atomic mass is 10.0. The van der Waals surface area contributed by atoms with Crippen molar-refractivity contribution in [3.63, 3.8) is 0 Å². The fraction of sp³-hybridized carbons (Fsp3) is 0.962. The van der Waals surface area contributed by atoms with Gasteiger partial charge >= 0.3 is 5.97 Å². The van der Waals surface area contributed by atoms with Gasteiger partial charge in [-0.15, -0.1) is 12.4 Å². The highest BCUT2D eigenvalue weighted by atomic mass is 35.5. The highest BCUT2D eigenvalue weighted by Crippen LogP contribution is 2.15. The Bertz CT molecular complexity index is 336. The highest BCUT2D eigenvalue weighted by molar-refractivity contribution is 5.85. The lowest BCUT2D eigenvalue weighted by Crippen LogP contribution is -2.18. The van der Waals surface area contributed by atoms with Gasteiger partial charge in [-0.1, -0.05) is 129 Å². The Kier molecular flexibility index (Phi) is 28.5. The van der Waals surface area contributed by atoms with Crippen molar-refractivity contribution in [2.45, 2.75) is 155 Å². The Balaban J connectivity index is 0. The van der Waals surface area contributed by atoms with Crippen LogP contribution in [-0.2, 0) is 9.53 Å². The Morgan fingerprint density at radius 3 is 1.40 bits per heavy atom. The molecule has 0 saturated heterocycles. The van der Waals surface area contributed by atoms with Crippen LogP contribution in [0, 0.1) is 0 Å². The third-order valence-electron chi connectivity index (χ3n) is 5.88. The second-order valence-electron chi connectivity index (χ2n) is 8.89. The molecule has 1 unspecified atom stereocenters. The number of aliphatic carboxylic acids is 1. The number of carboxylic acids is 1. The van der Waals surface area contributed by atoms with Gasteiger partial charge in [0.15, 0.2) is 0 Å². The summed E-state index contributed by atoms with van der Waals surface area (Å²) in [5.74, 6) is -0.728. The molecule has 4 heteroatoms. The van der Waals surface area contributed by atoms with E-state index in [-0.39, 0.29) is 24.9 Å². The summed E-state index contributed by atoms with van der Waals surface area (Å²) in [6.07, 6.45) is 25.8. The maximum Gasteiger partial charge on any atom is 0.305 e. The molecule has 0 rings (SSSR count). The van der Waals surface area contributed by atoms with Crippen LogP contribution in [-0.4, -0.2) is 23.8 Å². The van der Waals surface area contributed by atoms with Crippen molar-refractivity contribution in [2.75, 3.05) is 6.61 Å². The molecule has 0 radical (unpaired) electrons. The standard InChI is InChI=1S/C26H52O3.ClH/c1-3-5-7-9-11-13-15-17-19-21-23-29-25(24-26(27)28)22-20-18-16-14-12-10-8-6-4-2;/h25H,3-24H2,1-2H3,(H,27,28);1H. The van der Waals surface area contributed by atoms with Crippen molar-refractivity contribution in [1.82, 2.24) is 0 Å². The first-order chi connectivity index (χ1) is 14.2. The molecule has 0 aromatic heterocycles. The molecule has 0 amide bonds. The number of carbonyl (C=O) groups is 1. The zero-order valence-electron chi connectivity index (χ0n) is 20.3. The monoisotopic (exact) mass is 448 g/mol. The first kappa shape index (κ1) is 31.9. The summed E-state index contributed by atoms with van der Waals surface area (Å²) in [5.41, 5.74) is 0. The van der Waals surface area contributed by atoms with Crippen molar-refractivity contribution in [2.24, 2.45) is 0 Å². The van der Waals surface area contributed by atoms with Crippen LogP contribution < -0.4 is 0 Å². The molecule has 3 nitrogen and oxygen atoms in total. The average Bonchev–Trinajstić information content (AvgIpc) is 2.70. The van der Waals surface area contributed by atoms with Crippen LogP contribution in [0.2, 0.25) is 0 Å². The Hall–Kier alpha value is -0.280. The molecule has 0 aliphatic rings. The Morgan fingerprint density at radius 2 is 1.00 bits per heavy atom. The van der Waals surface area contributed by atoms with Crippen LogP contribution in [0.15, 0.2) is 0 Å². The van der Waals surface area contributed by atoms with Crippen molar-refractivity contribution < 1.29 is 14.6 Å². The molecule has 0 fully saturated rings. The summed E-state index contributed by atoms with van der Waals surface area (Å²) < 4.78 is 5.92. The van der Waals surface area contributed by atoms with E-state index in [1.807, 2.05) is 0 Å². The van der Waals surface area contributed by atoms with Gasteiger partial charge in [0.05, 0.1) is 12.5 Å². The van der Waals surface area contributed by atoms with Gasteiger partial charge in [0.1, 0.15) is 0 Å². The topological polar surface area (TPSA) is 46.5 Å². The molecule has 0 saturated carbocycles. The maximum absolute atomic E-state index is 11.1. The fourth-order valence-electron chi connectivity index (χ4n) is 3.96. The molecule has 0 aliphatic heterocycles. The molecule has 1 atom stereocenters. The molecular formula is C26H53ClO3. The van der Waals surface area contributed by atoms with Gasteiger partial charge in [-0.2, -0.15) is 0 Å². The van der Waals surface area contributed by atoms with Gasteiger partial charge in [0.25, 0.3) is 0 Å².